The molecule has 0 aliphatic heterocycles. The van der Waals surface area contributed by atoms with Crippen molar-refractivity contribution >= 4 is 11.6 Å². The molecule has 1 aliphatic rings. The van der Waals surface area contributed by atoms with Gasteiger partial charge in [0.25, 0.3) is 5.91 Å². The zero-order valence-electron chi connectivity index (χ0n) is 10.0. The Labute approximate surface area is 105 Å². The Kier molecular flexibility index (Phi) is 3.81. The smallest absolute Gasteiger partial charge is 0.254 e. The molecule has 1 aromatic carbocycles. The highest BCUT2D eigenvalue weighted by Gasteiger charge is 2.25. The summed E-state index contributed by atoms with van der Waals surface area (Å²) in [7, 11) is 0. The number of halogens is 1. The lowest BCUT2D eigenvalue weighted by molar-refractivity contribution is 0.0714. The van der Waals surface area contributed by atoms with Gasteiger partial charge in [-0.25, -0.2) is 4.39 Å². The van der Waals surface area contributed by atoms with Crippen molar-refractivity contribution in [1.29, 1.82) is 0 Å². The molecule has 4 nitrogen and oxygen atoms in total. The van der Waals surface area contributed by atoms with Gasteiger partial charge in [0.1, 0.15) is 5.82 Å². The van der Waals surface area contributed by atoms with Crippen LogP contribution in [0.1, 0.15) is 36.0 Å². The van der Waals surface area contributed by atoms with Gasteiger partial charge in [0.15, 0.2) is 0 Å². The Morgan fingerprint density at radius 1 is 1.39 bits per heavy atom. The van der Waals surface area contributed by atoms with E-state index in [0.717, 1.165) is 25.3 Å². The molecule has 0 aromatic heterocycles. The van der Waals surface area contributed by atoms with E-state index in [-0.39, 0.29) is 17.3 Å². The predicted molar refractivity (Wildman–Crippen MR) is 66.5 cm³/mol. The molecule has 2 unspecified atom stereocenters. The van der Waals surface area contributed by atoms with Crippen LogP contribution >= 0.6 is 0 Å². The Morgan fingerprint density at radius 3 is 2.78 bits per heavy atom. The van der Waals surface area contributed by atoms with E-state index < -0.39 is 17.8 Å². The van der Waals surface area contributed by atoms with Crippen LogP contribution in [0.2, 0.25) is 0 Å². The van der Waals surface area contributed by atoms with Gasteiger partial charge < -0.3 is 16.2 Å². The number of nitrogen functional groups attached to an aromatic ring is 1. The quantitative estimate of drug-likeness (QED) is 0.697. The van der Waals surface area contributed by atoms with Crippen molar-refractivity contribution in [3.8, 4) is 0 Å². The van der Waals surface area contributed by atoms with E-state index in [1.54, 1.807) is 0 Å². The van der Waals surface area contributed by atoms with Crippen LogP contribution in [0.5, 0.6) is 0 Å². The van der Waals surface area contributed by atoms with Gasteiger partial charge in [0, 0.05) is 5.69 Å². The minimum atomic E-state index is -0.641. The van der Waals surface area contributed by atoms with Gasteiger partial charge in [0.05, 0.1) is 17.7 Å². The van der Waals surface area contributed by atoms with Crippen LogP contribution in [0.15, 0.2) is 18.2 Å². The highest BCUT2D eigenvalue weighted by atomic mass is 19.1. The highest BCUT2D eigenvalue weighted by molar-refractivity contribution is 5.95. The number of benzene rings is 1. The number of anilines is 1. The average Bonchev–Trinajstić information content (AvgIpc) is 2.32. The molecule has 1 fully saturated rings. The molecular weight excluding hydrogens is 235 g/mol. The summed E-state index contributed by atoms with van der Waals surface area (Å²) in [6.45, 7) is 0. The first kappa shape index (κ1) is 12.8. The summed E-state index contributed by atoms with van der Waals surface area (Å²) in [6, 6.07) is 3.67. The highest BCUT2D eigenvalue weighted by Crippen LogP contribution is 2.19. The van der Waals surface area contributed by atoms with Crippen molar-refractivity contribution in [2.45, 2.75) is 37.8 Å². The molecule has 2 rings (SSSR count). The van der Waals surface area contributed by atoms with E-state index in [0.29, 0.717) is 6.42 Å². The largest absolute Gasteiger partial charge is 0.399 e. The van der Waals surface area contributed by atoms with Gasteiger partial charge in [-0.2, -0.15) is 0 Å². The molecule has 18 heavy (non-hydrogen) atoms. The summed E-state index contributed by atoms with van der Waals surface area (Å²) < 4.78 is 13.5. The molecule has 98 valence electrons. The van der Waals surface area contributed by atoms with Crippen LogP contribution in [0.4, 0.5) is 10.1 Å². The number of hydrogen-bond acceptors (Lipinski definition) is 3. The molecule has 1 saturated carbocycles. The second-order valence-electron chi connectivity index (χ2n) is 4.67. The van der Waals surface area contributed by atoms with E-state index >= 15 is 0 Å². The van der Waals surface area contributed by atoms with Crippen molar-refractivity contribution in [1.82, 2.24) is 5.32 Å². The SMILES string of the molecule is Nc1ccc(C(=O)NC2CCCCC2O)c(F)c1. The topological polar surface area (TPSA) is 75.4 Å². The number of aliphatic hydroxyl groups excluding tert-OH is 1. The minimum Gasteiger partial charge on any atom is -0.399 e. The number of hydrogen-bond donors (Lipinski definition) is 3. The van der Waals surface area contributed by atoms with Crippen LogP contribution < -0.4 is 11.1 Å². The molecule has 1 aliphatic carbocycles. The molecule has 2 atom stereocenters. The Hall–Kier alpha value is -1.62. The first-order chi connectivity index (χ1) is 8.58. The third-order valence-corrected chi connectivity index (χ3v) is 3.28. The summed E-state index contributed by atoms with van der Waals surface area (Å²) in [5.74, 6) is -1.14. The van der Waals surface area contributed by atoms with E-state index in [9.17, 15) is 14.3 Å². The lowest BCUT2D eigenvalue weighted by Crippen LogP contribution is -2.45. The van der Waals surface area contributed by atoms with Gasteiger partial charge in [-0.15, -0.1) is 0 Å². The molecule has 1 amide bonds. The zero-order valence-corrected chi connectivity index (χ0v) is 10.0. The number of nitrogens with one attached hydrogen (secondary N) is 1. The van der Waals surface area contributed by atoms with Crippen LogP contribution in [-0.4, -0.2) is 23.2 Å². The predicted octanol–water partition coefficient (Wildman–Crippen LogP) is 1.44. The molecule has 0 saturated heterocycles. The summed E-state index contributed by atoms with van der Waals surface area (Å²) in [5.41, 5.74) is 5.66. The fraction of sp³-hybridized carbons (Fsp3) is 0.462. The summed E-state index contributed by atoms with van der Waals surface area (Å²) >= 11 is 0. The van der Waals surface area contributed by atoms with E-state index in [1.807, 2.05) is 0 Å². The molecule has 5 heteroatoms. The molecule has 0 heterocycles. The van der Waals surface area contributed by atoms with Crippen LogP contribution in [0, 0.1) is 5.82 Å². The van der Waals surface area contributed by atoms with Crippen molar-refractivity contribution in [2.24, 2.45) is 0 Å². The lowest BCUT2D eigenvalue weighted by Gasteiger charge is -2.28. The Bertz CT molecular complexity index is 451. The number of aliphatic hydroxyl groups is 1. The molecular formula is C13H17FN2O2. The molecule has 0 spiro atoms. The van der Waals surface area contributed by atoms with Gasteiger partial charge in [-0.05, 0) is 31.0 Å². The number of nitrogens with two attached hydrogens (primary N) is 1. The number of carbonyl (C=O) groups is 1. The standard InChI is InChI=1S/C13H17FN2O2/c14-10-7-8(15)5-6-9(10)13(18)16-11-3-1-2-4-12(11)17/h5-7,11-12,17H,1-4,15H2,(H,16,18). The number of amides is 1. The first-order valence-electron chi connectivity index (χ1n) is 6.12. The van der Waals surface area contributed by atoms with Gasteiger partial charge >= 0.3 is 0 Å². The molecule has 4 N–H and O–H groups in total. The van der Waals surface area contributed by atoms with Gasteiger partial charge in [0.2, 0.25) is 0 Å². The fourth-order valence-electron chi connectivity index (χ4n) is 2.24. The minimum absolute atomic E-state index is 0.0398. The third kappa shape index (κ3) is 2.79. The average molecular weight is 252 g/mol. The third-order valence-electron chi connectivity index (χ3n) is 3.28. The maximum absolute atomic E-state index is 13.5. The number of rotatable bonds is 2. The van der Waals surface area contributed by atoms with E-state index in [2.05, 4.69) is 5.32 Å². The van der Waals surface area contributed by atoms with Crippen molar-refractivity contribution in [3.63, 3.8) is 0 Å². The van der Waals surface area contributed by atoms with Gasteiger partial charge in [-0.3, -0.25) is 4.79 Å². The second kappa shape index (κ2) is 5.35. The zero-order chi connectivity index (χ0) is 13.1. The van der Waals surface area contributed by atoms with E-state index in [1.165, 1.54) is 12.1 Å². The molecule has 0 bridgehead atoms. The van der Waals surface area contributed by atoms with Crippen LogP contribution in [-0.2, 0) is 0 Å². The Morgan fingerprint density at radius 2 is 2.11 bits per heavy atom. The normalized spacial score (nSPS) is 23.7. The molecule has 1 aromatic rings. The second-order valence-corrected chi connectivity index (χ2v) is 4.67. The van der Waals surface area contributed by atoms with Crippen LogP contribution in [0.25, 0.3) is 0 Å². The molecule has 0 radical (unpaired) electrons. The van der Waals surface area contributed by atoms with Crippen LogP contribution in [0.3, 0.4) is 0 Å². The van der Waals surface area contributed by atoms with E-state index in [4.69, 9.17) is 5.73 Å². The number of carbonyl (C=O) groups excluding carboxylic acids is 1. The van der Waals surface area contributed by atoms with Crippen molar-refractivity contribution < 1.29 is 14.3 Å². The maximum Gasteiger partial charge on any atom is 0.254 e. The Balaban J connectivity index is 2.07. The summed E-state index contributed by atoms with van der Waals surface area (Å²) in [5, 5.41) is 12.4. The van der Waals surface area contributed by atoms with Crippen molar-refractivity contribution in [2.75, 3.05) is 5.73 Å². The van der Waals surface area contributed by atoms with Gasteiger partial charge in [-0.1, -0.05) is 12.8 Å². The monoisotopic (exact) mass is 252 g/mol. The maximum atomic E-state index is 13.5. The lowest BCUT2D eigenvalue weighted by atomic mass is 9.92. The fourth-order valence-corrected chi connectivity index (χ4v) is 2.24. The first-order valence-corrected chi connectivity index (χ1v) is 6.12. The summed E-state index contributed by atoms with van der Waals surface area (Å²) in [6.07, 6.45) is 2.79. The summed E-state index contributed by atoms with van der Waals surface area (Å²) in [4.78, 5) is 11.9. The van der Waals surface area contributed by atoms with Crippen molar-refractivity contribution in [3.05, 3.63) is 29.6 Å².